The Labute approximate surface area is 236 Å². The molecule has 2 heterocycles. The molecule has 0 aliphatic heterocycles. The smallest absolute Gasteiger partial charge is 0.261 e. The lowest BCUT2D eigenvalue weighted by atomic mass is 9.87. The van der Waals surface area contributed by atoms with E-state index in [0.29, 0.717) is 33.5 Å². The van der Waals surface area contributed by atoms with E-state index in [-0.39, 0.29) is 21.9 Å². The molecular weight excluding hydrogens is 553 g/mol. The van der Waals surface area contributed by atoms with Crippen molar-refractivity contribution in [3.8, 4) is 22.8 Å². The maximum Gasteiger partial charge on any atom is 0.261 e. The molecule has 0 amide bonds. The number of aromatic nitrogens is 3. The molecule has 0 saturated heterocycles. The van der Waals surface area contributed by atoms with Crippen LogP contribution in [-0.2, 0) is 15.4 Å². The highest BCUT2D eigenvalue weighted by Crippen LogP contribution is 2.28. The van der Waals surface area contributed by atoms with E-state index in [4.69, 9.17) is 16.1 Å². The number of anilines is 3. The van der Waals surface area contributed by atoms with E-state index in [9.17, 15) is 12.8 Å². The van der Waals surface area contributed by atoms with Gasteiger partial charge in [0.2, 0.25) is 5.82 Å². The Morgan fingerprint density at radius 3 is 2.30 bits per heavy atom. The second-order valence-corrected chi connectivity index (χ2v) is 12.2. The number of hydrogen-bond acceptors (Lipinski definition) is 7. The van der Waals surface area contributed by atoms with Crippen LogP contribution in [0.1, 0.15) is 26.3 Å². The second-order valence-electron chi connectivity index (χ2n) is 10.1. The minimum atomic E-state index is -3.76. The predicted octanol–water partition coefficient (Wildman–Crippen LogP) is 7.43. The molecule has 0 atom stereocenters. The summed E-state index contributed by atoms with van der Waals surface area (Å²) in [6.07, 6.45) is 1.54. The third-order valence-electron chi connectivity index (χ3n) is 6.05. The average Bonchev–Trinajstić information content (AvgIpc) is 3.41. The zero-order valence-electron chi connectivity index (χ0n) is 21.8. The maximum atomic E-state index is 14.2. The predicted molar refractivity (Wildman–Crippen MR) is 154 cm³/mol. The Kier molecular flexibility index (Phi) is 7.31. The lowest BCUT2D eigenvalue weighted by Crippen LogP contribution is -2.14. The van der Waals surface area contributed by atoms with E-state index in [1.807, 2.05) is 12.1 Å². The van der Waals surface area contributed by atoms with E-state index in [2.05, 4.69) is 45.9 Å². The van der Waals surface area contributed by atoms with E-state index in [0.717, 1.165) is 5.56 Å². The summed E-state index contributed by atoms with van der Waals surface area (Å²) in [6, 6.07) is 21.1. The molecule has 0 aliphatic rings. The fraction of sp³-hybridized carbons (Fsp3) is 0.138. The lowest BCUT2D eigenvalue weighted by molar-refractivity contribution is 0.432. The van der Waals surface area contributed by atoms with E-state index in [1.165, 1.54) is 12.1 Å². The van der Waals surface area contributed by atoms with Crippen LogP contribution in [-0.4, -0.2) is 23.5 Å². The Morgan fingerprint density at radius 2 is 1.62 bits per heavy atom. The Bertz CT molecular complexity index is 1770. The molecule has 40 heavy (non-hydrogen) atoms. The first kappa shape index (κ1) is 27.3. The van der Waals surface area contributed by atoms with Gasteiger partial charge in [-0.05, 0) is 77.7 Å². The van der Waals surface area contributed by atoms with Crippen molar-refractivity contribution in [3.05, 3.63) is 101 Å². The van der Waals surface area contributed by atoms with E-state index >= 15 is 0 Å². The van der Waals surface area contributed by atoms with Crippen molar-refractivity contribution in [1.29, 1.82) is 0 Å². The number of benzene rings is 3. The van der Waals surface area contributed by atoms with Crippen LogP contribution in [0.2, 0.25) is 5.02 Å². The van der Waals surface area contributed by atoms with Crippen molar-refractivity contribution in [2.45, 2.75) is 31.1 Å². The van der Waals surface area contributed by atoms with Crippen LogP contribution in [0.25, 0.3) is 22.8 Å². The Hall–Kier alpha value is -4.28. The van der Waals surface area contributed by atoms with Crippen LogP contribution < -0.4 is 10.0 Å². The lowest BCUT2D eigenvalue weighted by Gasteiger charge is -2.19. The quantitative estimate of drug-likeness (QED) is 0.207. The molecule has 0 saturated carbocycles. The molecule has 0 spiro atoms. The van der Waals surface area contributed by atoms with Crippen molar-refractivity contribution in [1.82, 2.24) is 15.1 Å². The van der Waals surface area contributed by atoms with Gasteiger partial charge in [0, 0.05) is 28.0 Å². The largest absolute Gasteiger partial charge is 0.338 e. The zero-order valence-corrected chi connectivity index (χ0v) is 23.4. The average molecular weight is 578 g/mol. The molecule has 0 fully saturated rings. The molecule has 11 heteroatoms. The van der Waals surface area contributed by atoms with Gasteiger partial charge in [0.05, 0.1) is 10.6 Å². The summed E-state index contributed by atoms with van der Waals surface area (Å²) < 4.78 is 47.9. The first-order valence-electron chi connectivity index (χ1n) is 12.2. The van der Waals surface area contributed by atoms with E-state index in [1.54, 1.807) is 60.8 Å². The Morgan fingerprint density at radius 1 is 0.900 bits per heavy atom. The number of pyridine rings is 1. The van der Waals surface area contributed by atoms with Crippen LogP contribution >= 0.6 is 11.6 Å². The van der Waals surface area contributed by atoms with Crippen molar-refractivity contribution in [2.75, 3.05) is 10.0 Å². The van der Waals surface area contributed by atoms with Gasteiger partial charge in [0.25, 0.3) is 15.9 Å². The monoisotopic (exact) mass is 577 g/mol. The molecule has 8 nitrogen and oxygen atoms in total. The number of nitrogens with one attached hydrogen (secondary N) is 2. The van der Waals surface area contributed by atoms with Gasteiger partial charge in [-0.15, -0.1) is 0 Å². The molecule has 204 valence electrons. The van der Waals surface area contributed by atoms with Gasteiger partial charge in [-0.2, -0.15) is 4.98 Å². The normalized spacial score (nSPS) is 11.8. The molecule has 2 aromatic heterocycles. The highest BCUT2D eigenvalue weighted by molar-refractivity contribution is 7.92. The fourth-order valence-corrected chi connectivity index (χ4v) is 5.07. The van der Waals surface area contributed by atoms with Crippen molar-refractivity contribution in [3.63, 3.8) is 0 Å². The molecule has 2 N–H and O–H groups in total. The first-order valence-corrected chi connectivity index (χ1v) is 14.1. The Balaban J connectivity index is 1.29. The zero-order chi connectivity index (χ0) is 28.5. The van der Waals surface area contributed by atoms with Crippen molar-refractivity contribution >= 4 is 38.8 Å². The third kappa shape index (κ3) is 6.13. The molecule has 0 aliphatic carbocycles. The number of halogens is 2. The fourth-order valence-electron chi connectivity index (χ4n) is 3.85. The molecule has 0 bridgehead atoms. The maximum absolute atomic E-state index is 14.2. The van der Waals surface area contributed by atoms with Crippen LogP contribution in [0.3, 0.4) is 0 Å². The molecule has 0 unspecified atom stereocenters. The number of sulfonamides is 1. The summed E-state index contributed by atoms with van der Waals surface area (Å²) in [5.74, 6) is 0.429. The second kappa shape index (κ2) is 10.7. The molecule has 5 aromatic rings. The van der Waals surface area contributed by atoms with Gasteiger partial charge < -0.3 is 9.84 Å². The summed E-state index contributed by atoms with van der Waals surface area (Å²) in [7, 11) is -3.76. The van der Waals surface area contributed by atoms with Gasteiger partial charge >= 0.3 is 0 Å². The summed E-state index contributed by atoms with van der Waals surface area (Å²) >= 11 is 5.82. The van der Waals surface area contributed by atoms with E-state index < -0.39 is 15.8 Å². The molecule has 0 radical (unpaired) electrons. The van der Waals surface area contributed by atoms with Gasteiger partial charge in [0.15, 0.2) is 0 Å². The van der Waals surface area contributed by atoms with Crippen LogP contribution in [0.15, 0.2) is 94.5 Å². The highest BCUT2D eigenvalue weighted by Gasteiger charge is 2.18. The van der Waals surface area contributed by atoms with Gasteiger partial charge in [0.1, 0.15) is 11.6 Å². The van der Waals surface area contributed by atoms with Crippen molar-refractivity contribution < 1.29 is 17.3 Å². The molecule has 3 aromatic carbocycles. The third-order valence-corrected chi connectivity index (χ3v) is 7.69. The summed E-state index contributed by atoms with van der Waals surface area (Å²) in [6.45, 7) is 6.21. The van der Waals surface area contributed by atoms with Crippen LogP contribution in [0.5, 0.6) is 0 Å². The number of nitrogens with zero attached hydrogens (tertiary/aromatic N) is 3. The minimum Gasteiger partial charge on any atom is -0.338 e. The van der Waals surface area contributed by atoms with Gasteiger partial charge in [-0.1, -0.05) is 49.7 Å². The standard InChI is InChI=1S/C29H25ClFN5O3S/c1-29(2,3)20-6-11-23(12-7-20)40(37,38)36-22-9-4-18(5-10-22)28-34-27(35-39-28)19-14-15-32-26(16-19)33-25-13-8-21(30)17-24(25)31/h4-17,36H,1-3H3,(H,32,33). The van der Waals surface area contributed by atoms with Gasteiger partial charge in [-0.3, -0.25) is 4.72 Å². The van der Waals surface area contributed by atoms with Crippen molar-refractivity contribution in [2.24, 2.45) is 0 Å². The summed E-state index contributed by atoms with van der Waals surface area (Å²) in [5, 5.41) is 7.24. The summed E-state index contributed by atoms with van der Waals surface area (Å²) in [5.41, 5.74) is 2.79. The summed E-state index contributed by atoms with van der Waals surface area (Å²) in [4.78, 5) is 8.83. The number of hydrogen-bond donors (Lipinski definition) is 2. The first-order chi connectivity index (χ1) is 19.0. The number of rotatable bonds is 7. The SMILES string of the molecule is CC(C)(C)c1ccc(S(=O)(=O)Nc2ccc(-c3nc(-c4ccnc(Nc5ccc(Cl)cc5F)c4)no3)cc2)cc1. The van der Waals surface area contributed by atoms with Crippen LogP contribution in [0.4, 0.5) is 21.6 Å². The molecule has 5 rings (SSSR count). The van der Waals surface area contributed by atoms with Crippen LogP contribution in [0, 0.1) is 5.82 Å². The van der Waals surface area contributed by atoms with Gasteiger partial charge in [-0.25, -0.2) is 17.8 Å². The highest BCUT2D eigenvalue weighted by atomic mass is 35.5. The minimum absolute atomic E-state index is 0.0758. The topological polar surface area (TPSA) is 110 Å². The molecular formula is C29H25ClFN5O3S.